The van der Waals surface area contributed by atoms with Crippen molar-refractivity contribution in [2.24, 2.45) is 0 Å². The fraction of sp³-hybridized carbons (Fsp3) is 0.833. The van der Waals surface area contributed by atoms with Crippen molar-refractivity contribution in [3.05, 3.63) is 0 Å². The van der Waals surface area contributed by atoms with Crippen LogP contribution < -0.4 is 5.32 Å². The maximum atomic E-state index is 11.6. The summed E-state index contributed by atoms with van der Waals surface area (Å²) in [5.74, 6) is -0.686. The Bertz CT molecular complexity index is 271. The molecule has 0 aliphatic carbocycles. The first-order valence-electron chi connectivity index (χ1n) is 6.04. The predicted molar refractivity (Wildman–Crippen MR) is 68.2 cm³/mol. The van der Waals surface area contributed by atoms with E-state index >= 15 is 0 Å². The van der Waals surface area contributed by atoms with E-state index in [2.05, 4.69) is 15.0 Å². The number of esters is 1. The van der Waals surface area contributed by atoms with Crippen molar-refractivity contribution in [2.75, 3.05) is 33.9 Å². The summed E-state index contributed by atoms with van der Waals surface area (Å²) in [4.78, 5) is 24.7. The molecule has 0 aromatic rings. The van der Waals surface area contributed by atoms with Gasteiger partial charge in [-0.05, 0) is 13.5 Å². The van der Waals surface area contributed by atoms with E-state index in [1.54, 1.807) is 7.11 Å². The molecule has 18 heavy (non-hydrogen) atoms. The number of methoxy groups -OCH3 is 2. The van der Waals surface area contributed by atoms with Gasteiger partial charge in [0.1, 0.15) is 6.04 Å². The second kappa shape index (κ2) is 8.88. The number of nitrogens with zero attached hydrogens (tertiary/aromatic N) is 1. The molecule has 0 fully saturated rings. The normalized spacial score (nSPS) is 14.1. The molecule has 0 heterocycles. The first kappa shape index (κ1) is 16.9. The van der Waals surface area contributed by atoms with E-state index in [4.69, 9.17) is 4.74 Å². The number of carbonyl (C=O) groups is 2. The SMILES string of the molecule is CCN(CC(NC(C)=O)C(=O)OC)C(C)COC. The smallest absolute Gasteiger partial charge is 0.329 e. The van der Waals surface area contributed by atoms with Crippen LogP contribution in [0.4, 0.5) is 0 Å². The summed E-state index contributed by atoms with van der Waals surface area (Å²) in [5.41, 5.74) is 0. The monoisotopic (exact) mass is 260 g/mol. The molecule has 0 aromatic carbocycles. The molecule has 0 saturated carbocycles. The van der Waals surface area contributed by atoms with Crippen LogP contribution in [0.2, 0.25) is 0 Å². The number of ether oxygens (including phenoxy) is 2. The molecule has 0 saturated heterocycles. The van der Waals surface area contributed by atoms with Gasteiger partial charge in [0, 0.05) is 26.6 Å². The van der Waals surface area contributed by atoms with Crippen molar-refractivity contribution in [1.29, 1.82) is 0 Å². The standard InChI is InChI=1S/C12H24N2O4/c1-6-14(9(2)8-17-4)7-11(12(16)18-5)13-10(3)15/h9,11H,6-8H2,1-5H3,(H,13,15). The maximum Gasteiger partial charge on any atom is 0.329 e. The maximum absolute atomic E-state index is 11.6. The van der Waals surface area contributed by atoms with Crippen molar-refractivity contribution >= 4 is 11.9 Å². The van der Waals surface area contributed by atoms with Crippen LogP contribution in [0.15, 0.2) is 0 Å². The molecule has 0 aliphatic heterocycles. The summed E-state index contributed by atoms with van der Waals surface area (Å²) in [6.45, 7) is 7.13. The summed E-state index contributed by atoms with van der Waals surface area (Å²) in [6.07, 6.45) is 0. The average Bonchev–Trinajstić information content (AvgIpc) is 2.33. The molecule has 0 rings (SSSR count). The third-order valence-electron chi connectivity index (χ3n) is 2.72. The van der Waals surface area contributed by atoms with Crippen LogP contribution in [-0.2, 0) is 19.1 Å². The van der Waals surface area contributed by atoms with Crippen LogP contribution in [0.1, 0.15) is 20.8 Å². The summed E-state index contributed by atoms with van der Waals surface area (Å²) in [5, 5.41) is 2.60. The molecule has 0 radical (unpaired) electrons. The minimum Gasteiger partial charge on any atom is -0.467 e. The summed E-state index contributed by atoms with van der Waals surface area (Å²) in [7, 11) is 2.95. The molecule has 6 nitrogen and oxygen atoms in total. The van der Waals surface area contributed by atoms with Crippen LogP contribution in [-0.4, -0.2) is 62.8 Å². The van der Waals surface area contributed by atoms with E-state index in [1.165, 1.54) is 14.0 Å². The minimum atomic E-state index is -0.647. The van der Waals surface area contributed by atoms with E-state index in [-0.39, 0.29) is 11.9 Å². The fourth-order valence-corrected chi connectivity index (χ4v) is 1.77. The topological polar surface area (TPSA) is 67.9 Å². The highest BCUT2D eigenvalue weighted by molar-refractivity contribution is 5.83. The Balaban J connectivity index is 4.60. The number of carbonyl (C=O) groups excluding carboxylic acids is 2. The van der Waals surface area contributed by atoms with E-state index in [0.717, 1.165) is 6.54 Å². The van der Waals surface area contributed by atoms with E-state index in [0.29, 0.717) is 13.2 Å². The van der Waals surface area contributed by atoms with Gasteiger partial charge in [-0.25, -0.2) is 4.79 Å². The zero-order chi connectivity index (χ0) is 14.1. The third kappa shape index (κ3) is 5.97. The third-order valence-corrected chi connectivity index (χ3v) is 2.72. The van der Waals surface area contributed by atoms with Gasteiger partial charge in [0.05, 0.1) is 13.7 Å². The minimum absolute atomic E-state index is 0.168. The molecule has 2 atom stereocenters. The van der Waals surface area contributed by atoms with Gasteiger partial charge in [-0.15, -0.1) is 0 Å². The number of amides is 1. The van der Waals surface area contributed by atoms with Gasteiger partial charge in [0.15, 0.2) is 0 Å². The highest BCUT2D eigenvalue weighted by Crippen LogP contribution is 2.02. The predicted octanol–water partition coefficient (Wildman–Crippen LogP) is 0.0209. The second-order valence-corrected chi connectivity index (χ2v) is 4.17. The summed E-state index contributed by atoms with van der Waals surface area (Å²) >= 11 is 0. The van der Waals surface area contributed by atoms with Gasteiger partial charge in [-0.1, -0.05) is 6.92 Å². The molecule has 1 amide bonds. The lowest BCUT2D eigenvalue weighted by Gasteiger charge is -2.30. The number of likely N-dealkylation sites (N-methyl/N-ethyl adjacent to an activating group) is 1. The number of rotatable bonds is 8. The summed E-state index contributed by atoms with van der Waals surface area (Å²) < 4.78 is 9.78. The molecule has 0 aliphatic rings. The van der Waals surface area contributed by atoms with Gasteiger partial charge in [-0.3, -0.25) is 9.69 Å². The molecule has 0 spiro atoms. The van der Waals surface area contributed by atoms with Gasteiger partial charge in [0.25, 0.3) is 0 Å². The molecule has 1 N–H and O–H groups in total. The van der Waals surface area contributed by atoms with Crippen LogP contribution in [0.3, 0.4) is 0 Å². The first-order valence-corrected chi connectivity index (χ1v) is 6.04. The molecular formula is C12H24N2O4. The largest absolute Gasteiger partial charge is 0.467 e. The van der Waals surface area contributed by atoms with E-state index in [9.17, 15) is 9.59 Å². The lowest BCUT2D eigenvalue weighted by atomic mass is 10.2. The van der Waals surface area contributed by atoms with Crippen LogP contribution >= 0.6 is 0 Å². The van der Waals surface area contributed by atoms with E-state index < -0.39 is 12.0 Å². The Kier molecular flexibility index (Phi) is 8.32. The van der Waals surface area contributed by atoms with Gasteiger partial charge >= 0.3 is 5.97 Å². The van der Waals surface area contributed by atoms with Crippen molar-refractivity contribution in [3.63, 3.8) is 0 Å². The Morgan fingerprint density at radius 3 is 2.33 bits per heavy atom. The van der Waals surface area contributed by atoms with Crippen LogP contribution in [0.25, 0.3) is 0 Å². The lowest BCUT2D eigenvalue weighted by Crippen LogP contribution is -2.51. The lowest BCUT2D eigenvalue weighted by molar-refractivity contribution is -0.145. The molecule has 2 unspecified atom stereocenters. The highest BCUT2D eigenvalue weighted by Gasteiger charge is 2.24. The molecule has 106 valence electrons. The second-order valence-electron chi connectivity index (χ2n) is 4.17. The molecular weight excluding hydrogens is 236 g/mol. The Labute approximate surface area is 109 Å². The Hall–Kier alpha value is -1.14. The Morgan fingerprint density at radius 1 is 1.33 bits per heavy atom. The molecule has 0 aromatic heterocycles. The quantitative estimate of drug-likeness (QED) is 0.623. The number of nitrogens with one attached hydrogen (secondary N) is 1. The zero-order valence-corrected chi connectivity index (χ0v) is 11.9. The Morgan fingerprint density at radius 2 is 1.94 bits per heavy atom. The number of hydrogen-bond acceptors (Lipinski definition) is 5. The first-order chi connectivity index (χ1) is 8.46. The van der Waals surface area contributed by atoms with Crippen LogP contribution in [0.5, 0.6) is 0 Å². The molecule has 0 bridgehead atoms. The zero-order valence-electron chi connectivity index (χ0n) is 11.9. The van der Waals surface area contributed by atoms with Gasteiger partial charge < -0.3 is 14.8 Å². The average molecular weight is 260 g/mol. The van der Waals surface area contributed by atoms with Crippen LogP contribution in [0, 0.1) is 0 Å². The fourth-order valence-electron chi connectivity index (χ4n) is 1.77. The van der Waals surface area contributed by atoms with E-state index in [1.807, 2.05) is 13.8 Å². The summed E-state index contributed by atoms with van der Waals surface area (Å²) in [6, 6.07) is -0.479. The van der Waals surface area contributed by atoms with Crippen molar-refractivity contribution < 1.29 is 19.1 Å². The van der Waals surface area contributed by atoms with Crippen molar-refractivity contribution in [2.45, 2.75) is 32.9 Å². The highest BCUT2D eigenvalue weighted by atomic mass is 16.5. The van der Waals surface area contributed by atoms with Gasteiger partial charge in [0.2, 0.25) is 5.91 Å². The van der Waals surface area contributed by atoms with Crippen molar-refractivity contribution in [3.8, 4) is 0 Å². The van der Waals surface area contributed by atoms with Gasteiger partial charge in [-0.2, -0.15) is 0 Å². The van der Waals surface area contributed by atoms with Crippen molar-refractivity contribution in [1.82, 2.24) is 10.2 Å². The molecule has 6 heteroatoms. The number of hydrogen-bond donors (Lipinski definition) is 1.